The number of methoxy groups -OCH3 is 1. The fourth-order valence-corrected chi connectivity index (χ4v) is 2.90. The van der Waals surface area contributed by atoms with Crippen molar-refractivity contribution in [3.05, 3.63) is 12.7 Å². The van der Waals surface area contributed by atoms with Gasteiger partial charge in [-0.25, -0.2) is 0 Å². The number of hydrogen-bond donors (Lipinski definition) is 2. The lowest BCUT2D eigenvalue weighted by atomic mass is 9.76. The summed E-state index contributed by atoms with van der Waals surface area (Å²) in [7, 11) is 3.11. The molecule has 4 atom stereocenters. The van der Waals surface area contributed by atoms with Gasteiger partial charge >= 0.3 is 11.9 Å². The van der Waals surface area contributed by atoms with Gasteiger partial charge in [0.15, 0.2) is 0 Å². The third-order valence-electron chi connectivity index (χ3n) is 4.33. The van der Waals surface area contributed by atoms with Crippen molar-refractivity contribution in [2.45, 2.75) is 31.5 Å². The van der Waals surface area contributed by atoms with E-state index < -0.39 is 36.0 Å². The van der Waals surface area contributed by atoms with Crippen LogP contribution in [0.15, 0.2) is 12.7 Å². The monoisotopic (exact) mass is 343 g/mol. The predicted molar refractivity (Wildman–Crippen MR) is 84.5 cm³/mol. The van der Waals surface area contributed by atoms with Crippen molar-refractivity contribution >= 4 is 17.8 Å². The fourth-order valence-electron chi connectivity index (χ4n) is 2.90. The number of likely N-dealkylation sites (N-methyl/N-ethyl adjacent to an activating group) is 1. The Bertz CT molecular complexity index is 479. The van der Waals surface area contributed by atoms with Crippen molar-refractivity contribution in [1.29, 1.82) is 0 Å². The zero-order chi connectivity index (χ0) is 18.3. The standard InChI is InChI=1S/C16H25NO7/c1-4-14(18)17(2)6-5-7-24-13-9-11(16(21)22)10(15(19)20)8-12(13)23-3/h4,10-13H,1,5-9H2,2-3H3,(H,19,20)(H,21,22). The molecule has 0 aliphatic heterocycles. The second kappa shape index (κ2) is 9.39. The van der Waals surface area contributed by atoms with E-state index in [0.717, 1.165) is 0 Å². The fraction of sp³-hybridized carbons (Fsp3) is 0.688. The molecule has 1 amide bonds. The van der Waals surface area contributed by atoms with Crippen molar-refractivity contribution in [3.8, 4) is 0 Å². The highest BCUT2D eigenvalue weighted by atomic mass is 16.5. The average molecular weight is 343 g/mol. The van der Waals surface area contributed by atoms with Gasteiger partial charge in [0.2, 0.25) is 5.91 Å². The van der Waals surface area contributed by atoms with Gasteiger partial charge in [-0.05, 0) is 25.3 Å². The van der Waals surface area contributed by atoms with Crippen LogP contribution in [0.4, 0.5) is 0 Å². The van der Waals surface area contributed by atoms with Crippen LogP contribution in [0.3, 0.4) is 0 Å². The topological polar surface area (TPSA) is 113 Å². The van der Waals surface area contributed by atoms with E-state index in [4.69, 9.17) is 9.47 Å². The van der Waals surface area contributed by atoms with Crippen LogP contribution in [0.1, 0.15) is 19.3 Å². The molecule has 2 N–H and O–H groups in total. The van der Waals surface area contributed by atoms with Crippen LogP contribution >= 0.6 is 0 Å². The van der Waals surface area contributed by atoms with E-state index in [-0.39, 0.29) is 18.7 Å². The van der Waals surface area contributed by atoms with Crippen LogP contribution in [0.25, 0.3) is 0 Å². The van der Waals surface area contributed by atoms with Crippen LogP contribution in [0, 0.1) is 11.8 Å². The Balaban J connectivity index is 2.56. The molecule has 1 aliphatic carbocycles. The molecule has 0 bridgehead atoms. The normalized spacial score (nSPS) is 26.6. The number of amides is 1. The number of aliphatic carboxylic acids is 2. The Morgan fingerprint density at radius 1 is 1.17 bits per heavy atom. The maximum atomic E-state index is 11.4. The molecule has 136 valence electrons. The highest BCUT2D eigenvalue weighted by Gasteiger charge is 2.44. The summed E-state index contributed by atoms with van der Waals surface area (Å²) in [6.45, 7) is 4.21. The highest BCUT2D eigenvalue weighted by Crippen LogP contribution is 2.34. The van der Waals surface area contributed by atoms with E-state index in [9.17, 15) is 24.6 Å². The van der Waals surface area contributed by atoms with Gasteiger partial charge in [0, 0.05) is 27.3 Å². The molecule has 0 spiro atoms. The third-order valence-corrected chi connectivity index (χ3v) is 4.33. The van der Waals surface area contributed by atoms with E-state index in [2.05, 4.69) is 6.58 Å². The van der Waals surface area contributed by atoms with Crippen LogP contribution < -0.4 is 0 Å². The highest BCUT2D eigenvalue weighted by molar-refractivity contribution is 5.86. The molecule has 0 saturated heterocycles. The van der Waals surface area contributed by atoms with Gasteiger partial charge in [0.05, 0.1) is 24.0 Å². The molecular weight excluding hydrogens is 318 g/mol. The molecule has 8 nitrogen and oxygen atoms in total. The van der Waals surface area contributed by atoms with Crippen molar-refractivity contribution in [1.82, 2.24) is 4.90 Å². The molecule has 8 heteroatoms. The summed E-state index contributed by atoms with van der Waals surface area (Å²) in [5.74, 6) is -4.43. The largest absolute Gasteiger partial charge is 0.481 e. The van der Waals surface area contributed by atoms with Crippen molar-refractivity contribution < 1.29 is 34.1 Å². The summed E-state index contributed by atoms with van der Waals surface area (Å²) in [6.07, 6.45) is 1.05. The number of carbonyl (C=O) groups excluding carboxylic acids is 1. The minimum Gasteiger partial charge on any atom is -0.481 e. The van der Waals surface area contributed by atoms with Crippen LogP contribution in [0.5, 0.6) is 0 Å². The van der Waals surface area contributed by atoms with E-state index in [0.29, 0.717) is 19.6 Å². The second-order valence-corrected chi connectivity index (χ2v) is 5.86. The summed E-state index contributed by atoms with van der Waals surface area (Å²) in [5.41, 5.74) is 0. The Kier molecular flexibility index (Phi) is 7.87. The first-order valence-corrected chi connectivity index (χ1v) is 7.79. The van der Waals surface area contributed by atoms with E-state index in [1.54, 1.807) is 7.05 Å². The molecule has 1 aliphatic rings. The lowest BCUT2D eigenvalue weighted by Crippen LogP contribution is -2.47. The SMILES string of the molecule is C=CC(=O)N(C)CCCOC1CC(C(=O)O)C(C(=O)O)CC1OC. The first kappa shape index (κ1) is 20.1. The molecule has 4 unspecified atom stereocenters. The summed E-state index contributed by atoms with van der Waals surface area (Å²) < 4.78 is 11.0. The maximum absolute atomic E-state index is 11.4. The zero-order valence-corrected chi connectivity index (χ0v) is 14.0. The number of ether oxygens (including phenoxy) is 2. The Morgan fingerprint density at radius 2 is 1.71 bits per heavy atom. The van der Waals surface area contributed by atoms with Crippen LogP contribution in [-0.4, -0.2) is 72.5 Å². The van der Waals surface area contributed by atoms with Gasteiger partial charge in [-0.1, -0.05) is 6.58 Å². The van der Waals surface area contributed by atoms with E-state index in [1.165, 1.54) is 18.1 Å². The minimum atomic E-state index is -1.14. The number of carboxylic acids is 2. The van der Waals surface area contributed by atoms with Gasteiger partial charge in [-0.15, -0.1) is 0 Å². The zero-order valence-electron chi connectivity index (χ0n) is 14.0. The molecule has 1 fully saturated rings. The predicted octanol–water partition coefficient (Wildman–Crippen LogP) is 0.617. The van der Waals surface area contributed by atoms with Crippen LogP contribution in [0.2, 0.25) is 0 Å². The molecule has 1 rings (SSSR count). The number of carbonyl (C=O) groups is 3. The molecule has 0 aromatic carbocycles. The molecule has 0 aromatic heterocycles. The van der Waals surface area contributed by atoms with E-state index in [1.807, 2.05) is 0 Å². The van der Waals surface area contributed by atoms with Crippen molar-refractivity contribution in [2.24, 2.45) is 11.8 Å². The quantitative estimate of drug-likeness (QED) is 0.466. The summed E-state index contributed by atoms with van der Waals surface area (Å²) in [5, 5.41) is 18.5. The lowest BCUT2D eigenvalue weighted by molar-refractivity contribution is -0.167. The number of nitrogens with zero attached hydrogens (tertiary/aromatic N) is 1. The molecule has 0 radical (unpaired) electrons. The molecule has 1 saturated carbocycles. The smallest absolute Gasteiger partial charge is 0.307 e. The van der Waals surface area contributed by atoms with Crippen LogP contribution in [-0.2, 0) is 23.9 Å². The average Bonchev–Trinajstić information content (AvgIpc) is 2.56. The molecule has 0 aromatic rings. The molecular formula is C16H25NO7. The Hall–Kier alpha value is -1.93. The van der Waals surface area contributed by atoms with Crippen molar-refractivity contribution in [3.63, 3.8) is 0 Å². The van der Waals surface area contributed by atoms with Gasteiger partial charge in [0.25, 0.3) is 0 Å². The first-order chi connectivity index (χ1) is 11.3. The Labute approximate surface area is 141 Å². The minimum absolute atomic E-state index is 0.0895. The van der Waals surface area contributed by atoms with Gasteiger partial charge < -0.3 is 24.6 Å². The number of rotatable bonds is 9. The van der Waals surface area contributed by atoms with E-state index >= 15 is 0 Å². The summed E-state index contributed by atoms with van der Waals surface area (Å²) >= 11 is 0. The molecule has 24 heavy (non-hydrogen) atoms. The second-order valence-electron chi connectivity index (χ2n) is 5.86. The molecule has 0 heterocycles. The summed E-state index contributed by atoms with van der Waals surface area (Å²) in [4.78, 5) is 35.4. The van der Waals surface area contributed by atoms with Gasteiger partial charge in [0.1, 0.15) is 0 Å². The van der Waals surface area contributed by atoms with Gasteiger partial charge in [-0.3, -0.25) is 14.4 Å². The first-order valence-electron chi connectivity index (χ1n) is 7.79. The lowest BCUT2D eigenvalue weighted by Gasteiger charge is -2.37. The summed E-state index contributed by atoms with van der Waals surface area (Å²) in [6, 6.07) is 0. The number of carboxylic acid groups (broad SMARTS) is 2. The third kappa shape index (κ3) is 5.31. The van der Waals surface area contributed by atoms with Gasteiger partial charge in [-0.2, -0.15) is 0 Å². The Morgan fingerprint density at radius 3 is 2.17 bits per heavy atom. The number of hydrogen-bond acceptors (Lipinski definition) is 5. The maximum Gasteiger partial charge on any atom is 0.307 e. The van der Waals surface area contributed by atoms with Crippen molar-refractivity contribution in [2.75, 3.05) is 27.3 Å².